The highest BCUT2D eigenvalue weighted by Gasteiger charge is 2.20. The van der Waals surface area contributed by atoms with E-state index in [2.05, 4.69) is 16.9 Å². The molecule has 8 nitrogen and oxygen atoms in total. The van der Waals surface area contributed by atoms with Crippen LogP contribution >= 0.6 is 11.8 Å². The molecule has 32 heavy (non-hydrogen) atoms. The average molecular weight is 455 g/mol. The van der Waals surface area contributed by atoms with Crippen LogP contribution in [0, 0.1) is 0 Å². The average Bonchev–Trinajstić information content (AvgIpc) is 3.15. The molecule has 0 amide bonds. The fourth-order valence-electron chi connectivity index (χ4n) is 3.57. The molecule has 4 rings (SSSR count). The van der Waals surface area contributed by atoms with Crippen molar-refractivity contribution in [2.24, 2.45) is 7.05 Å². The summed E-state index contributed by atoms with van der Waals surface area (Å²) < 4.78 is 8.92. The van der Waals surface area contributed by atoms with Crippen molar-refractivity contribution in [3.8, 4) is 5.75 Å². The lowest BCUT2D eigenvalue weighted by atomic mass is 10.1. The third kappa shape index (κ3) is 4.44. The van der Waals surface area contributed by atoms with Crippen molar-refractivity contribution >= 4 is 33.7 Å². The maximum atomic E-state index is 12.6. The molecule has 0 aliphatic rings. The van der Waals surface area contributed by atoms with Crippen molar-refractivity contribution in [2.75, 3.05) is 12.4 Å². The van der Waals surface area contributed by atoms with Gasteiger partial charge in [-0.25, -0.2) is 9.78 Å². The highest BCUT2D eigenvalue weighted by molar-refractivity contribution is 7.99. The molecule has 2 heterocycles. The summed E-state index contributed by atoms with van der Waals surface area (Å²) in [7, 11) is 1.57. The van der Waals surface area contributed by atoms with Crippen LogP contribution in [0.15, 0.2) is 57.2 Å². The van der Waals surface area contributed by atoms with E-state index in [4.69, 9.17) is 4.74 Å². The smallest absolute Gasteiger partial charge is 0.329 e. The van der Waals surface area contributed by atoms with Crippen LogP contribution in [0.5, 0.6) is 5.75 Å². The Balaban J connectivity index is 1.60. The van der Waals surface area contributed by atoms with Gasteiger partial charge in [-0.1, -0.05) is 61.5 Å². The van der Waals surface area contributed by atoms with E-state index in [1.54, 1.807) is 11.6 Å². The van der Waals surface area contributed by atoms with Gasteiger partial charge in [0.25, 0.3) is 5.56 Å². The molecule has 4 aromatic rings. The lowest BCUT2D eigenvalue weighted by molar-refractivity contribution is 0.0921. The van der Waals surface area contributed by atoms with E-state index in [1.165, 1.54) is 16.3 Å². The minimum Gasteiger partial charge on any atom is -0.490 e. The van der Waals surface area contributed by atoms with E-state index in [9.17, 15) is 14.7 Å². The second-order valence-electron chi connectivity index (χ2n) is 7.64. The van der Waals surface area contributed by atoms with E-state index in [0.29, 0.717) is 16.6 Å². The van der Waals surface area contributed by atoms with Crippen LogP contribution in [0.1, 0.15) is 19.8 Å². The number of nitrogens with zero attached hydrogens (tertiary/aromatic N) is 3. The Kier molecular flexibility index (Phi) is 6.66. The monoisotopic (exact) mass is 454 g/mol. The van der Waals surface area contributed by atoms with Crippen molar-refractivity contribution in [1.82, 2.24) is 19.1 Å². The number of thioether (sulfide) groups is 1. The van der Waals surface area contributed by atoms with Crippen molar-refractivity contribution in [3.63, 3.8) is 0 Å². The van der Waals surface area contributed by atoms with Gasteiger partial charge in [0.1, 0.15) is 18.5 Å². The first kappa shape index (κ1) is 22.2. The molecule has 1 atom stereocenters. The molecule has 0 aliphatic heterocycles. The summed E-state index contributed by atoms with van der Waals surface area (Å²) >= 11 is 1.51. The van der Waals surface area contributed by atoms with Crippen molar-refractivity contribution in [1.29, 1.82) is 0 Å². The lowest BCUT2D eigenvalue weighted by Crippen LogP contribution is -2.30. The number of aryl methyl sites for hydroxylation is 1. The molecule has 0 radical (unpaired) electrons. The summed E-state index contributed by atoms with van der Waals surface area (Å²) in [5.74, 6) is 1.52. The van der Waals surface area contributed by atoms with Crippen LogP contribution < -0.4 is 16.0 Å². The molecule has 0 saturated carbocycles. The fraction of sp³-hybridized carbons (Fsp3) is 0.348. The molecule has 2 N–H and O–H groups in total. The van der Waals surface area contributed by atoms with Gasteiger partial charge in [0.15, 0.2) is 16.3 Å². The number of aliphatic hydroxyl groups excluding tert-OH is 1. The number of rotatable bonds is 9. The first-order valence-corrected chi connectivity index (χ1v) is 11.6. The van der Waals surface area contributed by atoms with E-state index in [-0.39, 0.29) is 18.7 Å². The van der Waals surface area contributed by atoms with E-state index < -0.39 is 17.4 Å². The lowest BCUT2D eigenvalue weighted by Gasteiger charge is -2.16. The molecule has 2 aromatic carbocycles. The maximum Gasteiger partial charge on any atom is 0.329 e. The summed E-state index contributed by atoms with van der Waals surface area (Å²) in [5, 5.41) is 13.4. The molecule has 0 spiro atoms. The highest BCUT2D eigenvalue weighted by Crippen LogP contribution is 2.26. The van der Waals surface area contributed by atoms with Gasteiger partial charge in [-0.05, 0) is 17.9 Å². The molecule has 9 heteroatoms. The van der Waals surface area contributed by atoms with E-state index in [0.717, 1.165) is 29.4 Å². The Hall–Kier alpha value is -3.04. The molecular formula is C23H26N4O4S. The zero-order valence-corrected chi connectivity index (χ0v) is 18.9. The number of aromatic amines is 1. The first-order chi connectivity index (χ1) is 15.5. The van der Waals surface area contributed by atoms with Gasteiger partial charge in [-0.15, -0.1) is 0 Å². The second-order valence-corrected chi connectivity index (χ2v) is 8.70. The number of imidazole rings is 1. The van der Waals surface area contributed by atoms with Crippen LogP contribution in [-0.4, -0.2) is 42.7 Å². The van der Waals surface area contributed by atoms with Gasteiger partial charge >= 0.3 is 5.69 Å². The highest BCUT2D eigenvalue weighted by atomic mass is 32.2. The van der Waals surface area contributed by atoms with Gasteiger partial charge in [-0.2, -0.15) is 0 Å². The van der Waals surface area contributed by atoms with Crippen LogP contribution in [0.3, 0.4) is 0 Å². The van der Waals surface area contributed by atoms with Crippen LogP contribution in [0.2, 0.25) is 0 Å². The molecule has 168 valence electrons. The first-order valence-electron chi connectivity index (χ1n) is 10.6. The quantitative estimate of drug-likeness (QED) is 0.298. The van der Waals surface area contributed by atoms with Crippen molar-refractivity contribution in [3.05, 3.63) is 63.3 Å². The molecule has 0 bridgehead atoms. The normalized spacial score (nSPS) is 12.5. The van der Waals surface area contributed by atoms with Gasteiger partial charge in [-0.3, -0.25) is 14.3 Å². The zero-order valence-electron chi connectivity index (χ0n) is 18.1. The number of unbranched alkanes of at least 4 members (excludes halogenated alkanes) is 1. The number of fused-ring (bicyclic) bond motifs is 2. The Morgan fingerprint density at radius 3 is 2.78 bits per heavy atom. The fourth-order valence-corrected chi connectivity index (χ4v) is 4.66. The van der Waals surface area contributed by atoms with E-state index >= 15 is 0 Å². The summed E-state index contributed by atoms with van der Waals surface area (Å²) in [5.41, 5.74) is -0.451. The Morgan fingerprint density at radius 1 is 1.19 bits per heavy atom. The Bertz CT molecular complexity index is 1350. The predicted molar refractivity (Wildman–Crippen MR) is 127 cm³/mol. The Morgan fingerprint density at radius 2 is 1.97 bits per heavy atom. The minimum atomic E-state index is -0.881. The van der Waals surface area contributed by atoms with Crippen LogP contribution in [-0.2, 0) is 13.6 Å². The summed E-state index contributed by atoms with van der Waals surface area (Å²) in [6, 6.07) is 13.7. The number of ether oxygens (including phenoxy) is 1. The molecular weight excluding hydrogens is 428 g/mol. The summed E-state index contributed by atoms with van der Waals surface area (Å²) in [4.78, 5) is 31.4. The van der Waals surface area contributed by atoms with Crippen molar-refractivity contribution in [2.45, 2.75) is 37.6 Å². The standard InChI is InChI=1S/C23H26N4O4S/c1-3-4-12-32-23-24-20-19(21(29)25-22(30)26(20)2)27(23)13-16(28)14-31-18-11-7-9-15-8-5-6-10-17(15)18/h5-11,16,28H,3-4,12-14H2,1-2H3,(H,25,29,30)/t16-/m0/s1. The van der Waals surface area contributed by atoms with Crippen molar-refractivity contribution < 1.29 is 9.84 Å². The predicted octanol–water partition coefficient (Wildman–Crippen LogP) is 2.91. The largest absolute Gasteiger partial charge is 0.490 e. The number of benzene rings is 2. The zero-order chi connectivity index (χ0) is 22.7. The molecule has 0 saturated heterocycles. The second kappa shape index (κ2) is 9.62. The van der Waals surface area contributed by atoms with Gasteiger partial charge in [0, 0.05) is 18.2 Å². The molecule has 0 fully saturated rings. The van der Waals surface area contributed by atoms with Gasteiger partial charge in [0.2, 0.25) is 0 Å². The van der Waals surface area contributed by atoms with Crippen LogP contribution in [0.25, 0.3) is 21.9 Å². The topological polar surface area (TPSA) is 102 Å². The molecule has 2 aromatic heterocycles. The number of H-pyrrole nitrogens is 1. The third-order valence-corrected chi connectivity index (χ3v) is 6.34. The molecule has 0 aliphatic carbocycles. The number of nitrogens with one attached hydrogen (secondary N) is 1. The van der Waals surface area contributed by atoms with E-state index in [1.807, 2.05) is 42.5 Å². The number of aliphatic hydroxyl groups is 1. The minimum absolute atomic E-state index is 0.0520. The summed E-state index contributed by atoms with van der Waals surface area (Å²) in [6.45, 7) is 2.28. The van der Waals surface area contributed by atoms with Gasteiger partial charge < -0.3 is 14.4 Å². The molecule has 0 unspecified atom stereocenters. The number of hydrogen-bond donors (Lipinski definition) is 2. The van der Waals surface area contributed by atoms with Gasteiger partial charge in [0.05, 0.1) is 6.54 Å². The Labute approximate surface area is 188 Å². The number of aromatic nitrogens is 4. The third-order valence-electron chi connectivity index (χ3n) is 5.28. The SMILES string of the molecule is CCCCSc1nc2c(c(=O)[nH]c(=O)n2C)n1C[C@H](O)COc1cccc2ccccc12. The maximum absolute atomic E-state index is 12.6. The number of hydrogen-bond acceptors (Lipinski definition) is 6. The van der Waals surface area contributed by atoms with Crippen LogP contribution in [0.4, 0.5) is 0 Å². The summed E-state index contributed by atoms with van der Waals surface area (Å²) in [6.07, 6.45) is 1.15.